The average Bonchev–Trinajstić information content (AvgIpc) is 3.00. The van der Waals surface area contributed by atoms with Crippen LogP contribution in [0.2, 0.25) is 0 Å². The van der Waals surface area contributed by atoms with Gasteiger partial charge in [0.05, 0.1) is 11.4 Å². The Morgan fingerprint density at radius 3 is 2.70 bits per heavy atom. The Bertz CT molecular complexity index is 503. The minimum Gasteiger partial charge on any atom is -0.480 e. The molecule has 3 N–H and O–H groups in total. The summed E-state index contributed by atoms with van der Waals surface area (Å²) in [7, 11) is 0. The third-order valence-corrected chi connectivity index (χ3v) is 4.94. The second-order valence-corrected chi connectivity index (χ2v) is 6.27. The van der Waals surface area contributed by atoms with E-state index < -0.39 is 5.97 Å². The maximum atomic E-state index is 11.1. The SMILES string of the molecule is Nc1ccccc1N(CC(=O)O)CC1CC2CCC1C2. The molecule has 2 saturated carbocycles. The summed E-state index contributed by atoms with van der Waals surface area (Å²) in [5, 5.41) is 9.16. The Morgan fingerprint density at radius 2 is 2.10 bits per heavy atom. The number of rotatable bonds is 5. The van der Waals surface area contributed by atoms with Crippen molar-refractivity contribution in [2.75, 3.05) is 23.7 Å². The number of carboxylic acid groups (broad SMARTS) is 1. The molecule has 0 aromatic heterocycles. The normalized spacial score (nSPS) is 27.7. The van der Waals surface area contributed by atoms with Crippen LogP contribution in [0.5, 0.6) is 0 Å². The lowest BCUT2D eigenvalue weighted by atomic mass is 9.88. The van der Waals surface area contributed by atoms with Crippen LogP contribution in [-0.4, -0.2) is 24.2 Å². The summed E-state index contributed by atoms with van der Waals surface area (Å²) in [6.07, 6.45) is 5.29. The smallest absolute Gasteiger partial charge is 0.323 e. The Hall–Kier alpha value is -1.71. The van der Waals surface area contributed by atoms with E-state index in [2.05, 4.69) is 0 Å². The molecule has 2 aliphatic rings. The summed E-state index contributed by atoms with van der Waals surface area (Å²) < 4.78 is 0. The van der Waals surface area contributed by atoms with E-state index in [0.29, 0.717) is 11.6 Å². The third-order valence-electron chi connectivity index (χ3n) is 4.94. The maximum absolute atomic E-state index is 11.1. The first-order valence-electron chi connectivity index (χ1n) is 7.44. The highest BCUT2D eigenvalue weighted by Crippen LogP contribution is 2.48. The van der Waals surface area contributed by atoms with Gasteiger partial charge in [-0.05, 0) is 49.1 Å². The summed E-state index contributed by atoms with van der Waals surface area (Å²) in [5.74, 6) is 1.51. The van der Waals surface area contributed by atoms with Gasteiger partial charge in [0, 0.05) is 6.54 Å². The van der Waals surface area contributed by atoms with E-state index in [1.165, 1.54) is 25.7 Å². The van der Waals surface area contributed by atoms with Crippen molar-refractivity contribution >= 4 is 17.3 Å². The number of benzene rings is 1. The van der Waals surface area contributed by atoms with Gasteiger partial charge in [-0.2, -0.15) is 0 Å². The number of fused-ring (bicyclic) bond motifs is 2. The van der Waals surface area contributed by atoms with Gasteiger partial charge < -0.3 is 15.7 Å². The lowest BCUT2D eigenvalue weighted by Crippen LogP contribution is -2.36. The molecular formula is C16H22N2O2. The molecule has 0 heterocycles. The molecule has 0 spiro atoms. The Morgan fingerprint density at radius 1 is 1.30 bits per heavy atom. The van der Waals surface area contributed by atoms with E-state index in [-0.39, 0.29) is 6.54 Å². The predicted octanol–water partition coefficient (Wildman–Crippen LogP) is 2.60. The second-order valence-electron chi connectivity index (χ2n) is 6.27. The number of hydrogen-bond donors (Lipinski definition) is 2. The van der Waals surface area contributed by atoms with Gasteiger partial charge in [-0.25, -0.2) is 0 Å². The topological polar surface area (TPSA) is 66.6 Å². The van der Waals surface area contributed by atoms with Gasteiger partial charge in [0.25, 0.3) is 0 Å². The molecule has 2 bridgehead atoms. The van der Waals surface area contributed by atoms with Crippen LogP contribution in [0, 0.1) is 17.8 Å². The molecule has 0 amide bonds. The summed E-state index contributed by atoms with van der Waals surface area (Å²) >= 11 is 0. The van der Waals surface area contributed by atoms with Crippen LogP contribution in [0.25, 0.3) is 0 Å². The van der Waals surface area contributed by atoms with Crippen LogP contribution in [0.1, 0.15) is 25.7 Å². The molecule has 4 heteroatoms. The standard InChI is InChI=1S/C16H22N2O2/c17-14-3-1-2-4-15(14)18(10-16(19)20)9-13-8-11-5-6-12(13)7-11/h1-4,11-13H,5-10,17H2,(H,19,20). The van der Waals surface area contributed by atoms with Crippen LogP contribution in [0.4, 0.5) is 11.4 Å². The highest BCUT2D eigenvalue weighted by Gasteiger charge is 2.40. The number of aliphatic carboxylic acids is 1. The summed E-state index contributed by atoms with van der Waals surface area (Å²) in [6.45, 7) is 0.851. The highest BCUT2D eigenvalue weighted by molar-refractivity contribution is 5.77. The van der Waals surface area contributed by atoms with E-state index in [4.69, 9.17) is 10.8 Å². The number of nitrogen functional groups attached to an aromatic ring is 1. The van der Waals surface area contributed by atoms with Gasteiger partial charge in [0.2, 0.25) is 0 Å². The molecule has 108 valence electrons. The number of para-hydroxylation sites is 2. The molecule has 0 aliphatic heterocycles. The lowest BCUT2D eigenvalue weighted by molar-refractivity contribution is -0.135. The Kier molecular flexibility index (Phi) is 3.55. The number of nitrogens with two attached hydrogens (primary N) is 1. The van der Waals surface area contributed by atoms with Crippen LogP contribution in [-0.2, 0) is 4.79 Å². The van der Waals surface area contributed by atoms with Crippen LogP contribution in [0.15, 0.2) is 24.3 Å². The van der Waals surface area contributed by atoms with Gasteiger partial charge in [-0.3, -0.25) is 4.79 Å². The molecule has 4 nitrogen and oxygen atoms in total. The zero-order valence-corrected chi connectivity index (χ0v) is 11.7. The fraction of sp³-hybridized carbons (Fsp3) is 0.562. The summed E-state index contributed by atoms with van der Waals surface area (Å²) in [5.41, 5.74) is 7.54. The molecule has 2 aliphatic carbocycles. The van der Waals surface area contributed by atoms with Crippen molar-refractivity contribution in [1.29, 1.82) is 0 Å². The van der Waals surface area contributed by atoms with Gasteiger partial charge in [-0.15, -0.1) is 0 Å². The number of hydrogen-bond acceptors (Lipinski definition) is 3. The Labute approximate surface area is 119 Å². The van der Waals surface area contributed by atoms with Gasteiger partial charge in [-0.1, -0.05) is 18.6 Å². The van der Waals surface area contributed by atoms with Gasteiger partial charge >= 0.3 is 5.97 Å². The zero-order chi connectivity index (χ0) is 14.1. The second kappa shape index (κ2) is 5.35. The van der Waals surface area contributed by atoms with E-state index in [9.17, 15) is 4.79 Å². The largest absolute Gasteiger partial charge is 0.480 e. The summed E-state index contributed by atoms with van der Waals surface area (Å²) in [6, 6.07) is 7.56. The first-order valence-corrected chi connectivity index (χ1v) is 7.44. The van der Waals surface area contributed by atoms with Crippen molar-refractivity contribution in [3.63, 3.8) is 0 Å². The molecule has 0 saturated heterocycles. The third kappa shape index (κ3) is 2.60. The van der Waals surface area contributed by atoms with Crippen LogP contribution < -0.4 is 10.6 Å². The molecule has 20 heavy (non-hydrogen) atoms. The van der Waals surface area contributed by atoms with Crippen molar-refractivity contribution in [2.45, 2.75) is 25.7 Å². The quantitative estimate of drug-likeness (QED) is 0.810. The number of anilines is 2. The molecule has 0 radical (unpaired) electrons. The number of carbonyl (C=O) groups is 1. The first kappa shape index (κ1) is 13.3. The van der Waals surface area contributed by atoms with E-state index in [1.54, 1.807) is 0 Å². The molecule has 2 fully saturated rings. The zero-order valence-electron chi connectivity index (χ0n) is 11.7. The molecule has 3 rings (SSSR count). The van der Waals surface area contributed by atoms with Gasteiger partial charge in [0.1, 0.15) is 6.54 Å². The van der Waals surface area contributed by atoms with Gasteiger partial charge in [0.15, 0.2) is 0 Å². The molecule has 3 atom stereocenters. The Balaban J connectivity index is 1.76. The average molecular weight is 274 g/mol. The van der Waals surface area contributed by atoms with Crippen molar-refractivity contribution in [2.24, 2.45) is 17.8 Å². The monoisotopic (exact) mass is 274 g/mol. The highest BCUT2D eigenvalue weighted by atomic mass is 16.4. The van der Waals surface area contributed by atoms with Crippen LogP contribution >= 0.6 is 0 Å². The van der Waals surface area contributed by atoms with Crippen molar-refractivity contribution in [3.05, 3.63) is 24.3 Å². The molecule has 1 aromatic carbocycles. The summed E-state index contributed by atoms with van der Waals surface area (Å²) in [4.78, 5) is 13.1. The minimum absolute atomic E-state index is 0.0299. The molecule has 1 aromatic rings. The van der Waals surface area contributed by atoms with E-state index in [1.807, 2.05) is 29.2 Å². The maximum Gasteiger partial charge on any atom is 0.323 e. The minimum atomic E-state index is -0.795. The van der Waals surface area contributed by atoms with E-state index in [0.717, 1.165) is 24.1 Å². The first-order chi connectivity index (χ1) is 9.63. The molecule has 3 unspecified atom stereocenters. The van der Waals surface area contributed by atoms with Crippen molar-refractivity contribution in [1.82, 2.24) is 0 Å². The van der Waals surface area contributed by atoms with Crippen molar-refractivity contribution < 1.29 is 9.90 Å². The van der Waals surface area contributed by atoms with Crippen LogP contribution in [0.3, 0.4) is 0 Å². The predicted molar refractivity (Wildman–Crippen MR) is 79.6 cm³/mol. The van der Waals surface area contributed by atoms with Crippen molar-refractivity contribution in [3.8, 4) is 0 Å². The lowest BCUT2D eigenvalue weighted by Gasteiger charge is -2.31. The number of nitrogens with zero attached hydrogens (tertiary/aromatic N) is 1. The fourth-order valence-electron chi connectivity index (χ4n) is 4.07. The molecular weight excluding hydrogens is 252 g/mol. The fourth-order valence-corrected chi connectivity index (χ4v) is 4.07. The van der Waals surface area contributed by atoms with E-state index >= 15 is 0 Å². The number of carboxylic acids is 1.